The first-order valence-corrected chi connectivity index (χ1v) is 7.58. The number of aryl methyl sites for hydroxylation is 2. The molecule has 0 aliphatic rings. The van der Waals surface area contributed by atoms with Crippen molar-refractivity contribution in [3.8, 4) is 0 Å². The number of halogens is 1. The predicted molar refractivity (Wildman–Crippen MR) is 73.2 cm³/mol. The zero-order valence-electron chi connectivity index (χ0n) is 11.4. The van der Waals surface area contributed by atoms with Gasteiger partial charge in [-0.3, -0.25) is 0 Å². The van der Waals surface area contributed by atoms with Gasteiger partial charge >= 0.3 is 0 Å². The normalized spacial score (nSPS) is 13.4. The molecule has 1 aromatic heterocycles. The highest BCUT2D eigenvalue weighted by molar-refractivity contribution is 7.89. The number of hydrogen-bond donors (Lipinski definition) is 2. The van der Waals surface area contributed by atoms with Crippen LogP contribution >= 0.6 is 0 Å². The van der Waals surface area contributed by atoms with Crippen LogP contribution in [-0.2, 0) is 10.0 Å². The average Bonchev–Trinajstić information content (AvgIpc) is 2.79. The second-order valence-corrected chi connectivity index (χ2v) is 6.37. The molecule has 20 heavy (non-hydrogen) atoms. The molecule has 2 rings (SSSR count). The van der Waals surface area contributed by atoms with Crippen LogP contribution in [-0.4, -0.2) is 18.4 Å². The Balaban J connectivity index is 2.22. The number of imidazole rings is 1. The highest BCUT2D eigenvalue weighted by atomic mass is 32.2. The van der Waals surface area contributed by atoms with Crippen molar-refractivity contribution in [1.82, 2.24) is 14.7 Å². The Labute approximate surface area is 117 Å². The third kappa shape index (κ3) is 3.05. The van der Waals surface area contributed by atoms with Gasteiger partial charge in [0.2, 0.25) is 0 Å². The average molecular weight is 297 g/mol. The standard InChI is InChI=1S/C13H16FN3O2S/c1-8-4-5-11(6-12(8)14)9(2)17-20(18,19)13-7-15-10(3)16-13/h4-7,9,17H,1-3H3,(H,15,16). The van der Waals surface area contributed by atoms with Crippen LogP contribution in [0.2, 0.25) is 0 Å². The molecule has 0 aliphatic heterocycles. The molecule has 0 bridgehead atoms. The number of nitrogens with one attached hydrogen (secondary N) is 2. The van der Waals surface area contributed by atoms with E-state index >= 15 is 0 Å². The summed E-state index contributed by atoms with van der Waals surface area (Å²) in [5.41, 5.74) is 1.08. The van der Waals surface area contributed by atoms with E-state index in [0.29, 0.717) is 17.0 Å². The molecule has 2 N–H and O–H groups in total. The molecule has 0 saturated heterocycles. The van der Waals surface area contributed by atoms with Gasteiger partial charge in [-0.1, -0.05) is 12.1 Å². The highest BCUT2D eigenvalue weighted by Gasteiger charge is 2.20. The topological polar surface area (TPSA) is 74.8 Å². The van der Waals surface area contributed by atoms with E-state index in [4.69, 9.17) is 0 Å². The van der Waals surface area contributed by atoms with Gasteiger partial charge in [0.05, 0.1) is 6.20 Å². The van der Waals surface area contributed by atoms with Crippen molar-refractivity contribution in [1.29, 1.82) is 0 Å². The van der Waals surface area contributed by atoms with Crippen molar-refractivity contribution < 1.29 is 12.8 Å². The first-order valence-electron chi connectivity index (χ1n) is 6.09. The lowest BCUT2D eigenvalue weighted by Crippen LogP contribution is -2.27. The Bertz CT molecular complexity index is 725. The van der Waals surface area contributed by atoms with Crippen LogP contribution in [0.4, 0.5) is 4.39 Å². The van der Waals surface area contributed by atoms with Crippen molar-refractivity contribution in [2.45, 2.75) is 31.8 Å². The first kappa shape index (κ1) is 14.7. The molecule has 0 radical (unpaired) electrons. The number of rotatable bonds is 4. The van der Waals surface area contributed by atoms with Crippen LogP contribution in [0.25, 0.3) is 0 Å². The maximum Gasteiger partial charge on any atom is 0.258 e. The molecule has 108 valence electrons. The fraction of sp³-hybridized carbons (Fsp3) is 0.308. The number of H-pyrrole nitrogens is 1. The van der Waals surface area contributed by atoms with Crippen molar-refractivity contribution in [2.75, 3.05) is 0 Å². The zero-order chi connectivity index (χ0) is 14.9. The largest absolute Gasteiger partial charge is 0.332 e. The fourth-order valence-electron chi connectivity index (χ4n) is 1.78. The van der Waals surface area contributed by atoms with Crippen LogP contribution in [0.1, 0.15) is 29.9 Å². The summed E-state index contributed by atoms with van der Waals surface area (Å²) in [7, 11) is -3.70. The Hall–Kier alpha value is -1.73. The first-order chi connectivity index (χ1) is 9.29. The molecule has 0 amide bonds. The predicted octanol–water partition coefficient (Wildman–Crippen LogP) is 2.21. The Morgan fingerprint density at radius 1 is 1.35 bits per heavy atom. The smallest absolute Gasteiger partial charge is 0.258 e. The summed E-state index contributed by atoms with van der Waals surface area (Å²) in [6.45, 7) is 4.98. The molecule has 7 heteroatoms. The molecule has 2 aromatic rings. The van der Waals surface area contributed by atoms with E-state index in [9.17, 15) is 12.8 Å². The second-order valence-electron chi connectivity index (χ2n) is 4.68. The quantitative estimate of drug-likeness (QED) is 0.908. The maximum atomic E-state index is 13.5. The molecule has 5 nitrogen and oxygen atoms in total. The van der Waals surface area contributed by atoms with Crippen molar-refractivity contribution in [3.05, 3.63) is 47.2 Å². The molecule has 1 unspecified atom stereocenters. The third-order valence-electron chi connectivity index (χ3n) is 3.00. The molecule has 1 heterocycles. The van der Waals surface area contributed by atoms with E-state index < -0.39 is 16.1 Å². The van der Waals surface area contributed by atoms with Gasteiger partial charge < -0.3 is 4.98 Å². The minimum Gasteiger partial charge on any atom is -0.332 e. The summed E-state index contributed by atoms with van der Waals surface area (Å²) in [4.78, 5) is 6.51. The third-order valence-corrected chi connectivity index (χ3v) is 4.45. The van der Waals surface area contributed by atoms with Crippen LogP contribution in [0.5, 0.6) is 0 Å². The number of aromatic nitrogens is 2. The van der Waals surface area contributed by atoms with Crippen LogP contribution < -0.4 is 4.72 Å². The van der Waals surface area contributed by atoms with E-state index in [1.165, 1.54) is 12.3 Å². The van der Waals surface area contributed by atoms with Gasteiger partial charge in [0.25, 0.3) is 10.0 Å². The molecule has 1 aromatic carbocycles. The summed E-state index contributed by atoms with van der Waals surface area (Å²) in [5, 5.41) is -0.00515. The Morgan fingerprint density at radius 2 is 2.05 bits per heavy atom. The van der Waals surface area contributed by atoms with Gasteiger partial charge in [-0.15, -0.1) is 0 Å². The Kier molecular flexibility index (Phi) is 3.92. The highest BCUT2D eigenvalue weighted by Crippen LogP contribution is 2.18. The lowest BCUT2D eigenvalue weighted by Gasteiger charge is -2.14. The van der Waals surface area contributed by atoms with E-state index in [1.54, 1.807) is 32.9 Å². The summed E-state index contributed by atoms with van der Waals surface area (Å²) < 4.78 is 40.2. The van der Waals surface area contributed by atoms with Gasteiger partial charge in [0, 0.05) is 6.04 Å². The maximum absolute atomic E-state index is 13.5. The Morgan fingerprint density at radius 3 is 2.60 bits per heavy atom. The van der Waals surface area contributed by atoms with Crippen molar-refractivity contribution >= 4 is 10.0 Å². The van der Waals surface area contributed by atoms with E-state index in [0.717, 1.165) is 0 Å². The molecule has 0 spiro atoms. The molecule has 0 fully saturated rings. The van der Waals surface area contributed by atoms with Crippen LogP contribution in [0.15, 0.2) is 29.4 Å². The van der Waals surface area contributed by atoms with E-state index in [2.05, 4.69) is 14.7 Å². The molecular formula is C13H16FN3O2S. The van der Waals surface area contributed by atoms with E-state index in [1.807, 2.05) is 0 Å². The fourth-order valence-corrected chi connectivity index (χ4v) is 2.98. The van der Waals surface area contributed by atoms with E-state index in [-0.39, 0.29) is 10.8 Å². The lowest BCUT2D eigenvalue weighted by atomic mass is 10.1. The number of benzene rings is 1. The minimum atomic E-state index is -3.70. The van der Waals surface area contributed by atoms with Gasteiger partial charge in [0.15, 0.2) is 5.03 Å². The summed E-state index contributed by atoms with van der Waals surface area (Å²) >= 11 is 0. The number of sulfonamides is 1. The molecular weight excluding hydrogens is 281 g/mol. The second kappa shape index (κ2) is 5.34. The molecule has 0 aliphatic carbocycles. The number of nitrogens with zero attached hydrogens (tertiary/aromatic N) is 1. The van der Waals surface area contributed by atoms with Gasteiger partial charge in [-0.05, 0) is 38.0 Å². The van der Waals surface area contributed by atoms with Crippen LogP contribution in [0, 0.1) is 19.7 Å². The molecule has 0 saturated carbocycles. The number of hydrogen-bond acceptors (Lipinski definition) is 3. The monoisotopic (exact) mass is 297 g/mol. The lowest BCUT2D eigenvalue weighted by molar-refractivity contribution is 0.561. The molecule has 1 atom stereocenters. The summed E-state index contributed by atoms with van der Waals surface area (Å²) in [6.07, 6.45) is 1.25. The van der Waals surface area contributed by atoms with Gasteiger partial charge in [-0.2, -0.15) is 0 Å². The van der Waals surface area contributed by atoms with Crippen LogP contribution in [0.3, 0.4) is 0 Å². The van der Waals surface area contributed by atoms with Gasteiger partial charge in [0.1, 0.15) is 11.6 Å². The summed E-state index contributed by atoms with van der Waals surface area (Å²) in [6, 6.07) is 4.11. The number of aromatic amines is 1. The minimum absolute atomic E-state index is 0.00515. The zero-order valence-corrected chi connectivity index (χ0v) is 12.3. The summed E-state index contributed by atoms with van der Waals surface area (Å²) in [5.74, 6) is 0.158. The van der Waals surface area contributed by atoms with Gasteiger partial charge in [-0.25, -0.2) is 22.5 Å². The van der Waals surface area contributed by atoms with Crippen molar-refractivity contribution in [3.63, 3.8) is 0 Å². The van der Waals surface area contributed by atoms with Crippen molar-refractivity contribution in [2.24, 2.45) is 0 Å². The SMILES string of the molecule is Cc1ncc(S(=O)(=O)NC(C)c2ccc(C)c(F)c2)[nH]1.